The number of aliphatic hydroxyl groups is 16. The predicted molar refractivity (Wildman–Crippen MR) is 309 cm³/mol. The molecule has 528 valence electrons. The van der Waals surface area contributed by atoms with Crippen LogP contribution >= 0.6 is 0 Å². The summed E-state index contributed by atoms with van der Waals surface area (Å²) < 4.78 is 72.8. The third-order valence-electron chi connectivity index (χ3n) is 24.4. The summed E-state index contributed by atoms with van der Waals surface area (Å²) in [6, 6.07) is 0. The normalized spacial score (nSPS) is 54.3. The number of ether oxygens (including phenoxy) is 12. The lowest BCUT2D eigenvalue weighted by Crippen LogP contribution is -2.67. The monoisotopic (exact) mass is 1320 g/mol. The molecule has 0 aromatic rings. The molecule has 0 aromatic heterocycles. The highest BCUT2D eigenvalue weighted by molar-refractivity contribution is 5.79. The summed E-state index contributed by atoms with van der Waals surface area (Å²) in [4.78, 5) is 15.6. The molecule has 11 rings (SSSR count). The smallest absolute Gasteiger partial charge is 0.315 e. The molecule has 16 N–H and O–H groups in total. The van der Waals surface area contributed by atoms with Crippen LogP contribution in [0.4, 0.5) is 0 Å². The lowest BCUT2D eigenvalue weighted by molar-refractivity contribution is -0.388. The summed E-state index contributed by atoms with van der Waals surface area (Å²) >= 11 is 0. The third-order valence-corrected chi connectivity index (χ3v) is 24.4. The van der Waals surface area contributed by atoms with Crippen LogP contribution in [0, 0.1) is 50.2 Å². The number of esters is 1. The van der Waals surface area contributed by atoms with Crippen molar-refractivity contribution in [3.63, 3.8) is 0 Å². The van der Waals surface area contributed by atoms with Gasteiger partial charge in [0.2, 0.25) is 6.29 Å². The van der Waals surface area contributed by atoms with Gasteiger partial charge in [-0.25, -0.2) is 0 Å². The fraction of sp³-hybridized carbons (Fsp3) is 0.952. The fourth-order valence-electron chi connectivity index (χ4n) is 18.6. The fourth-order valence-corrected chi connectivity index (χ4v) is 18.6. The molecule has 0 spiro atoms. The van der Waals surface area contributed by atoms with Crippen molar-refractivity contribution in [3.05, 3.63) is 11.6 Å². The van der Waals surface area contributed by atoms with Crippen molar-refractivity contribution in [2.45, 2.75) is 292 Å². The maximum atomic E-state index is 15.6. The molecule has 10 fully saturated rings. The van der Waals surface area contributed by atoms with E-state index in [1.807, 2.05) is 0 Å². The Morgan fingerprint density at radius 3 is 1.61 bits per heavy atom. The summed E-state index contributed by atoms with van der Waals surface area (Å²) in [6.45, 7) is 14.5. The highest BCUT2D eigenvalue weighted by Gasteiger charge is 2.71. The van der Waals surface area contributed by atoms with Gasteiger partial charge < -0.3 is 139 Å². The molecular formula is C63H102O29. The van der Waals surface area contributed by atoms with Crippen LogP contribution in [0.1, 0.15) is 120 Å². The van der Waals surface area contributed by atoms with Gasteiger partial charge in [-0.1, -0.05) is 60.1 Å². The lowest BCUT2D eigenvalue weighted by Gasteiger charge is -2.71. The molecule has 0 aromatic carbocycles. The molecule has 29 nitrogen and oxygen atoms in total. The zero-order valence-corrected chi connectivity index (χ0v) is 53.5. The first-order chi connectivity index (χ1) is 43.2. The van der Waals surface area contributed by atoms with Crippen LogP contribution in [0.5, 0.6) is 0 Å². The largest absolute Gasteiger partial charge is 0.432 e. The van der Waals surface area contributed by atoms with E-state index in [0.29, 0.717) is 44.9 Å². The zero-order valence-electron chi connectivity index (χ0n) is 53.5. The van der Waals surface area contributed by atoms with Gasteiger partial charge in [0.25, 0.3) is 0 Å². The van der Waals surface area contributed by atoms with E-state index < -0.39 is 227 Å². The molecule has 0 radical (unpaired) electrons. The van der Waals surface area contributed by atoms with Gasteiger partial charge in [0, 0.05) is 0 Å². The van der Waals surface area contributed by atoms with Gasteiger partial charge in [-0.15, -0.1) is 0 Å². The highest BCUT2D eigenvalue weighted by Crippen LogP contribution is 2.76. The molecule has 35 atom stereocenters. The van der Waals surface area contributed by atoms with Gasteiger partial charge in [-0.3, -0.25) is 4.79 Å². The van der Waals surface area contributed by atoms with Crippen molar-refractivity contribution in [1.29, 1.82) is 0 Å². The molecule has 6 aliphatic heterocycles. The van der Waals surface area contributed by atoms with Gasteiger partial charge in [-0.05, 0) is 116 Å². The van der Waals surface area contributed by atoms with Gasteiger partial charge >= 0.3 is 5.97 Å². The average molecular weight is 1320 g/mol. The van der Waals surface area contributed by atoms with E-state index in [1.54, 1.807) is 0 Å². The first-order valence-electron chi connectivity index (χ1n) is 32.9. The molecule has 6 saturated heterocycles. The number of hydrogen-bond acceptors (Lipinski definition) is 29. The molecule has 4 saturated carbocycles. The van der Waals surface area contributed by atoms with Gasteiger partial charge in [0.05, 0.1) is 50.7 Å². The van der Waals surface area contributed by atoms with Crippen LogP contribution in [0.15, 0.2) is 11.6 Å². The second-order valence-electron chi connectivity index (χ2n) is 30.5. The molecule has 11 aliphatic rings. The molecule has 0 amide bonds. The number of fused-ring (bicyclic) bond motifs is 7. The van der Waals surface area contributed by atoms with Crippen LogP contribution < -0.4 is 0 Å². The quantitative estimate of drug-likeness (QED) is 0.0457. The predicted octanol–water partition coefficient (Wildman–Crippen LogP) is -3.44. The zero-order chi connectivity index (χ0) is 66.9. The van der Waals surface area contributed by atoms with E-state index in [1.165, 1.54) is 12.5 Å². The van der Waals surface area contributed by atoms with Crippen LogP contribution in [-0.4, -0.2) is 293 Å². The number of hydrogen-bond donors (Lipinski definition) is 16. The topological polar surface area (TPSA) is 452 Å². The molecule has 6 heterocycles. The molecule has 92 heavy (non-hydrogen) atoms. The Kier molecular flexibility index (Phi) is 20.7. The van der Waals surface area contributed by atoms with Crippen molar-refractivity contribution in [1.82, 2.24) is 0 Å². The minimum absolute atomic E-state index is 0.0732. The standard InChI is InChI=1S/C63H102O29/c1-25-47(88-51-43(76)36(69)28(66)22-81-51)48(89-52-44(77)37(70)29(67)23-82-52)46(79)54(84-25)90-49-38(71)30(68)24-83-55(49)92-57(80)63-17-15-58(2,3)19-27(63)26-9-10-34-60(6)13-12-35(59(4,5)33(60)11-14-62(34,8)61(26,7)16-18-63)87-56-50(42(75)40(73)32(21-65)86-56)91-53-45(78)41(74)39(72)31(20-64)85-53/h9,25,27-56,64-79H,10-24H2,1-8H3. The van der Waals surface area contributed by atoms with E-state index in [9.17, 15) is 81.7 Å². The number of aliphatic hydroxyl groups excluding tert-OH is 16. The van der Waals surface area contributed by atoms with Crippen LogP contribution in [0.3, 0.4) is 0 Å². The molecule has 29 heteroatoms. The van der Waals surface area contributed by atoms with Crippen LogP contribution in [0.25, 0.3) is 0 Å². The summed E-state index contributed by atoms with van der Waals surface area (Å²) in [5.74, 6) is -0.650. The molecule has 5 aliphatic carbocycles. The Labute approximate surface area is 534 Å². The van der Waals surface area contributed by atoms with Crippen molar-refractivity contribution in [2.24, 2.45) is 50.2 Å². The van der Waals surface area contributed by atoms with Crippen LogP contribution in [-0.2, 0) is 61.6 Å². The Morgan fingerprint density at radius 2 is 1.00 bits per heavy atom. The molecular weight excluding hydrogens is 1220 g/mol. The second-order valence-corrected chi connectivity index (χ2v) is 30.5. The van der Waals surface area contributed by atoms with E-state index in [-0.39, 0.29) is 34.0 Å². The van der Waals surface area contributed by atoms with E-state index in [0.717, 1.165) is 19.3 Å². The van der Waals surface area contributed by atoms with E-state index >= 15 is 4.79 Å². The van der Waals surface area contributed by atoms with E-state index in [2.05, 4.69) is 54.5 Å². The number of rotatable bonds is 14. The second kappa shape index (κ2) is 26.7. The minimum atomic E-state index is -1.96. The van der Waals surface area contributed by atoms with E-state index in [4.69, 9.17) is 56.8 Å². The summed E-state index contributed by atoms with van der Waals surface area (Å²) in [5.41, 5.74) is -1.57. The molecule has 0 bridgehead atoms. The van der Waals surface area contributed by atoms with Gasteiger partial charge in [0.1, 0.15) is 116 Å². The molecule has 35 unspecified atom stereocenters. The summed E-state index contributed by atoms with van der Waals surface area (Å²) in [7, 11) is 0. The van der Waals surface area contributed by atoms with Crippen molar-refractivity contribution < 1.29 is 143 Å². The van der Waals surface area contributed by atoms with Crippen LogP contribution in [0.2, 0.25) is 0 Å². The lowest BCUT2D eigenvalue weighted by atomic mass is 9.33. The SMILES string of the molecule is CC1OC(OC2C(OC(=O)C34CCC(C)(C)CC3C3=CCC5C6(C)CCC(OC7OC(CO)C(O)C(O)C7OC7OC(CO)C(O)C(O)C7O)C(C)(C)C6CCC5(C)C3(C)CC4)OCC(O)C2O)C(O)C(OC2OCC(O)C(O)C2O)C1OC1OCC(O)C(O)C1O. The van der Waals surface area contributed by atoms with Crippen molar-refractivity contribution in [2.75, 3.05) is 33.0 Å². The Hall–Kier alpha value is -1.87. The number of allylic oxidation sites excluding steroid dienone is 2. The van der Waals surface area contributed by atoms with Gasteiger partial charge in [0.15, 0.2) is 37.6 Å². The van der Waals surface area contributed by atoms with Gasteiger partial charge in [-0.2, -0.15) is 0 Å². The average Bonchev–Trinajstić information content (AvgIpc) is 0.677. The third kappa shape index (κ3) is 12.2. The first-order valence-corrected chi connectivity index (χ1v) is 32.9. The Bertz CT molecular complexity index is 2580. The number of carbonyl (C=O) groups is 1. The highest BCUT2D eigenvalue weighted by atomic mass is 16.8. The Morgan fingerprint density at radius 1 is 0.489 bits per heavy atom. The summed E-state index contributed by atoms with van der Waals surface area (Å²) in [6.07, 6.45) is -35.8. The first kappa shape index (κ1) is 71.4. The Balaban J connectivity index is 0.821. The minimum Gasteiger partial charge on any atom is -0.432 e. The number of carbonyl (C=O) groups excluding carboxylic acids is 1. The maximum Gasteiger partial charge on any atom is 0.315 e. The summed E-state index contributed by atoms with van der Waals surface area (Å²) in [5, 5.41) is 173. The van der Waals surface area contributed by atoms with Crippen molar-refractivity contribution >= 4 is 5.97 Å². The maximum absolute atomic E-state index is 15.6. The van der Waals surface area contributed by atoms with Crippen molar-refractivity contribution in [3.8, 4) is 0 Å².